The summed E-state index contributed by atoms with van der Waals surface area (Å²) in [4.78, 5) is 57.6. The van der Waals surface area contributed by atoms with Crippen molar-refractivity contribution in [2.24, 2.45) is 18.4 Å². The summed E-state index contributed by atoms with van der Waals surface area (Å²) in [6.45, 7) is 10.9. The van der Waals surface area contributed by atoms with Crippen LogP contribution in [-0.2, 0) is 26.2 Å². The van der Waals surface area contributed by atoms with E-state index in [0.29, 0.717) is 30.3 Å². The van der Waals surface area contributed by atoms with Gasteiger partial charge in [0.15, 0.2) is 11.9 Å². The highest BCUT2D eigenvalue weighted by atomic mass is 16.5. The lowest BCUT2D eigenvalue weighted by Crippen LogP contribution is -2.62. The summed E-state index contributed by atoms with van der Waals surface area (Å²) in [5.74, 6) is -1.11. The summed E-state index contributed by atoms with van der Waals surface area (Å²) in [6.07, 6.45) is 2.49. The Kier molecular flexibility index (Phi) is 9.19. The highest BCUT2D eigenvalue weighted by Gasteiger charge is 2.35. The second-order valence-electron chi connectivity index (χ2n) is 12.1. The lowest BCUT2D eigenvalue weighted by Gasteiger charge is -2.36. The predicted molar refractivity (Wildman–Crippen MR) is 158 cm³/mol. The first-order chi connectivity index (χ1) is 19.7. The molecule has 0 spiro atoms. The first-order valence-corrected chi connectivity index (χ1v) is 14.4. The molecule has 2 aliphatic heterocycles. The third-order valence-electron chi connectivity index (χ3n) is 7.95. The van der Waals surface area contributed by atoms with Gasteiger partial charge in [-0.1, -0.05) is 32.1 Å². The zero-order valence-corrected chi connectivity index (χ0v) is 25.3. The first-order valence-electron chi connectivity index (χ1n) is 14.4. The van der Waals surface area contributed by atoms with Crippen LogP contribution in [0.3, 0.4) is 0 Å². The molecule has 12 nitrogen and oxygen atoms in total. The van der Waals surface area contributed by atoms with E-state index < -0.39 is 41.8 Å². The maximum absolute atomic E-state index is 13.4. The van der Waals surface area contributed by atoms with E-state index in [0.717, 1.165) is 5.56 Å². The zero-order chi connectivity index (χ0) is 30.9. The van der Waals surface area contributed by atoms with Crippen molar-refractivity contribution in [1.29, 1.82) is 0 Å². The lowest BCUT2D eigenvalue weighted by molar-refractivity contribution is -0.157. The molecule has 1 saturated heterocycles. The van der Waals surface area contributed by atoms with Gasteiger partial charge in [-0.2, -0.15) is 0 Å². The molecule has 1 aromatic heterocycles. The van der Waals surface area contributed by atoms with E-state index in [4.69, 9.17) is 4.74 Å². The number of hydrogen-bond acceptors (Lipinski definition) is 9. The van der Waals surface area contributed by atoms with Gasteiger partial charge in [-0.25, -0.2) is 10.4 Å². The summed E-state index contributed by atoms with van der Waals surface area (Å²) in [5.41, 5.74) is 2.89. The van der Waals surface area contributed by atoms with Gasteiger partial charge < -0.3 is 15.2 Å². The summed E-state index contributed by atoms with van der Waals surface area (Å²) in [7, 11) is 1.58. The topological polar surface area (TPSA) is 155 Å². The highest BCUT2D eigenvalue weighted by molar-refractivity contribution is 5.86. The molecular formula is C30H42N6O6. The van der Waals surface area contributed by atoms with Crippen molar-refractivity contribution >= 4 is 34.8 Å². The molecule has 2 aliphatic rings. The van der Waals surface area contributed by atoms with E-state index in [2.05, 4.69) is 21.0 Å². The normalized spacial score (nSPS) is 28.5. The number of esters is 1. The molecule has 12 heteroatoms. The molecule has 2 unspecified atom stereocenters. The average Bonchev–Trinajstić information content (AvgIpc) is 2.95. The molecule has 4 N–H and O–H groups in total. The fourth-order valence-electron chi connectivity index (χ4n) is 5.19. The molecule has 228 valence electrons. The van der Waals surface area contributed by atoms with Gasteiger partial charge >= 0.3 is 5.97 Å². The number of hydrogen-bond donors (Lipinski definition) is 4. The Morgan fingerprint density at radius 1 is 1.14 bits per heavy atom. The molecule has 1 fully saturated rings. The van der Waals surface area contributed by atoms with Crippen molar-refractivity contribution in [2.75, 3.05) is 6.54 Å². The zero-order valence-electron chi connectivity index (χ0n) is 25.3. The Balaban J connectivity index is 1.76. The Labute approximate surface area is 245 Å². The second-order valence-corrected chi connectivity index (χ2v) is 12.1. The van der Waals surface area contributed by atoms with Gasteiger partial charge in [0.2, 0.25) is 5.91 Å². The molecule has 0 aliphatic carbocycles. The number of hydrazine groups is 1. The number of cyclic esters (lactones) is 1. The number of aliphatic hydroxyl groups is 1. The third kappa shape index (κ3) is 6.55. The Morgan fingerprint density at radius 3 is 2.55 bits per heavy atom. The van der Waals surface area contributed by atoms with Crippen LogP contribution in [0.5, 0.6) is 0 Å². The van der Waals surface area contributed by atoms with Gasteiger partial charge in [-0.3, -0.25) is 34.1 Å². The summed E-state index contributed by atoms with van der Waals surface area (Å²) >= 11 is 0. The summed E-state index contributed by atoms with van der Waals surface area (Å²) in [5, 5.41) is 18.7. The number of rotatable bonds is 1. The SMILES string of the molecule is CC(C)[C@@H]1NC(=O)C(C)(C)/C=C/c2ccc3c(=O)n(C)c(nc3c2)[C@@H](C)OC(=O)C2CCCN(N2)C(=O)[C@H](C)NC1O. The molecular weight excluding hydrogens is 540 g/mol. The Morgan fingerprint density at radius 2 is 1.86 bits per heavy atom. The van der Waals surface area contributed by atoms with Crippen LogP contribution >= 0.6 is 0 Å². The molecule has 5 atom stereocenters. The number of aromatic nitrogens is 2. The maximum atomic E-state index is 13.4. The van der Waals surface area contributed by atoms with Crippen molar-refractivity contribution in [1.82, 2.24) is 30.6 Å². The van der Waals surface area contributed by atoms with Gasteiger partial charge in [-0.15, -0.1) is 0 Å². The van der Waals surface area contributed by atoms with Crippen LogP contribution in [0.1, 0.15) is 71.9 Å². The summed E-state index contributed by atoms with van der Waals surface area (Å²) < 4.78 is 7.10. The number of fused-ring (bicyclic) bond motifs is 4. The average molecular weight is 583 g/mol. The quantitative estimate of drug-likeness (QED) is 0.366. The smallest absolute Gasteiger partial charge is 0.325 e. The molecule has 0 radical (unpaired) electrons. The molecule has 0 saturated carbocycles. The number of ether oxygens (including phenoxy) is 1. The van der Waals surface area contributed by atoms with Crippen molar-refractivity contribution in [3.63, 3.8) is 0 Å². The minimum absolute atomic E-state index is 0.155. The molecule has 2 aromatic rings. The van der Waals surface area contributed by atoms with Crippen molar-refractivity contribution < 1.29 is 24.2 Å². The molecule has 3 heterocycles. The highest BCUT2D eigenvalue weighted by Crippen LogP contribution is 2.24. The fraction of sp³-hybridized carbons (Fsp3) is 0.567. The van der Waals surface area contributed by atoms with Gasteiger partial charge in [0.25, 0.3) is 11.5 Å². The van der Waals surface area contributed by atoms with E-state index >= 15 is 0 Å². The Hall–Kier alpha value is -3.61. The molecule has 42 heavy (non-hydrogen) atoms. The van der Waals surface area contributed by atoms with E-state index in [-0.39, 0.29) is 29.1 Å². The van der Waals surface area contributed by atoms with Gasteiger partial charge in [0.1, 0.15) is 12.3 Å². The number of benzene rings is 1. The maximum Gasteiger partial charge on any atom is 0.325 e. The van der Waals surface area contributed by atoms with E-state index in [1.807, 2.05) is 13.8 Å². The van der Waals surface area contributed by atoms with E-state index in [9.17, 15) is 24.3 Å². The lowest BCUT2D eigenvalue weighted by atomic mass is 9.89. The van der Waals surface area contributed by atoms with E-state index in [1.165, 1.54) is 9.58 Å². The van der Waals surface area contributed by atoms with Crippen LogP contribution < -0.4 is 21.6 Å². The van der Waals surface area contributed by atoms with Crippen molar-refractivity contribution in [2.45, 2.75) is 84.8 Å². The van der Waals surface area contributed by atoms with Crippen LogP contribution in [0, 0.1) is 11.3 Å². The predicted octanol–water partition coefficient (Wildman–Crippen LogP) is 1.52. The van der Waals surface area contributed by atoms with Gasteiger partial charge in [0, 0.05) is 13.6 Å². The second kappa shape index (κ2) is 12.3. The van der Waals surface area contributed by atoms with Crippen LogP contribution in [0.2, 0.25) is 0 Å². The monoisotopic (exact) mass is 582 g/mol. The standard InChI is InChI=1S/C30H42N6O6/c1-16(2)23-25(37)31-17(3)26(38)36-14-8-9-21(34-36)28(40)42-18(4)24-32-22-15-19(10-11-20(22)27(39)35(24)7)12-13-30(5,6)29(41)33-23/h10-13,15-18,21,23,25,31,34,37H,8-9,14H2,1-7H3,(H,33,41)/b13-12+/t17-,18+,21?,23-,25?/m0/s1. The fourth-order valence-corrected chi connectivity index (χ4v) is 5.19. The minimum Gasteiger partial charge on any atom is -0.453 e. The van der Waals surface area contributed by atoms with Crippen molar-refractivity contribution in [3.8, 4) is 0 Å². The number of amides is 2. The molecule has 5 bridgehead atoms. The third-order valence-corrected chi connectivity index (χ3v) is 7.95. The molecule has 1 aromatic carbocycles. The Bertz CT molecular complexity index is 1450. The molecule has 2 amide bonds. The van der Waals surface area contributed by atoms with Crippen LogP contribution in [0.4, 0.5) is 0 Å². The largest absolute Gasteiger partial charge is 0.453 e. The van der Waals surface area contributed by atoms with Crippen molar-refractivity contribution in [3.05, 3.63) is 46.0 Å². The number of aliphatic hydroxyl groups excluding tert-OH is 1. The number of nitrogens with zero attached hydrogens (tertiary/aromatic N) is 3. The summed E-state index contributed by atoms with van der Waals surface area (Å²) in [6, 6.07) is 2.92. The van der Waals surface area contributed by atoms with E-state index in [1.54, 1.807) is 65.1 Å². The van der Waals surface area contributed by atoms with Crippen LogP contribution in [0.15, 0.2) is 29.1 Å². The van der Waals surface area contributed by atoms with Gasteiger partial charge in [-0.05, 0) is 64.2 Å². The van der Waals surface area contributed by atoms with Gasteiger partial charge in [0.05, 0.1) is 28.4 Å². The van der Waals surface area contributed by atoms with Crippen LogP contribution in [-0.4, -0.2) is 68.3 Å². The first kappa shape index (κ1) is 31.3. The minimum atomic E-state index is -1.21. The number of carbonyl (C=O) groups excluding carboxylic acids is 3. The van der Waals surface area contributed by atoms with Crippen LogP contribution in [0.25, 0.3) is 17.0 Å². The molecule has 4 rings (SSSR count). The number of nitrogens with one attached hydrogen (secondary N) is 3. The number of carbonyl (C=O) groups is 3.